The van der Waals surface area contributed by atoms with Crippen molar-refractivity contribution in [3.63, 3.8) is 0 Å². The van der Waals surface area contributed by atoms with Gasteiger partial charge in [-0.15, -0.1) is 0 Å². The van der Waals surface area contributed by atoms with Gasteiger partial charge in [0.2, 0.25) is 0 Å². The number of amides is 3. The molecule has 0 radical (unpaired) electrons. The molecule has 166 valence electrons. The molecule has 0 aliphatic carbocycles. The second kappa shape index (κ2) is 8.03. The summed E-state index contributed by atoms with van der Waals surface area (Å²) in [5, 5.41) is 0. The third kappa shape index (κ3) is 4.32. The summed E-state index contributed by atoms with van der Waals surface area (Å²) in [6, 6.07) is 11.5. The van der Waals surface area contributed by atoms with Crippen LogP contribution in [0.2, 0.25) is 0 Å². The predicted molar refractivity (Wildman–Crippen MR) is 125 cm³/mol. The van der Waals surface area contributed by atoms with Gasteiger partial charge in [-0.05, 0) is 83.7 Å². The predicted octanol–water partition coefficient (Wildman–Crippen LogP) is 5.93. The molecule has 1 unspecified atom stereocenters. The minimum atomic E-state index is -0.897. The van der Waals surface area contributed by atoms with Gasteiger partial charge in [0.15, 0.2) is 0 Å². The number of carbonyl (C=O) groups excluding carboxylic acids is 2. The third-order valence-electron chi connectivity index (χ3n) is 5.87. The summed E-state index contributed by atoms with van der Waals surface area (Å²) < 4.78 is 6.11. The molecule has 2 aromatic carbocycles. The molecule has 0 spiro atoms. The number of aryl methyl sites for hydroxylation is 3. The van der Waals surface area contributed by atoms with Crippen LogP contribution in [0.4, 0.5) is 10.5 Å². The molecule has 3 amide bonds. The van der Waals surface area contributed by atoms with Gasteiger partial charge >= 0.3 is 6.03 Å². The van der Waals surface area contributed by atoms with Crippen molar-refractivity contribution in [3.05, 3.63) is 58.7 Å². The van der Waals surface area contributed by atoms with Gasteiger partial charge in [0, 0.05) is 5.69 Å². The lowest BCUT2D eigenvalue weighted by atomic mass is 9.96. The molecule has 1 fully saturated rings. The highest BCUT2D eigenvalue weighted by molar-refractivity contribution is 6.16. The molecular weight excluding hydrogens is 388 g/mol. The Balaban J connectivity index is 1.94. The number of nitrogens with zero attached hydrogens (tertiary/aromatic N) is 2. The summed E-state index contributed by atoms with van der Waals surface area (Å²) in [4.78, 5) is 29.8. The van der Waals surface area contributed by atoms with Crippen LogP contribution in [0.1, 0.15) is 63.3 Å². The fourth-order valence-electron chi connectivity index (χ4n) is 4.12. The average molecular weight is 423 g/mol. The number of hydrogen-bond donors (Lipinski definition) is 0. The Kier molecular flexibility index (Phi) is 5.92. The monoisotopic (exact) mass is 422 g/mol. The van der Waals surface area contributed by atoms with Crippen LogP contribution < -0.4 is 9.64 Å². The van der Waals surface area contributed by atoms with Crippen molar-refractivity contribution in [2.75, 3.05) is 4.90 Å². The van der Waals surface area contributed by atoms with Gasteiger partial charge in [-0.2, -0.15) is 0 Å². The minimum Gasteiger partial charge on any atom is -0.488 e. The van der Waals surface area contributed by atoms with Crippen molar-refractivity contribution in [2.45, 2.75) is 79.5 Å². The Morgan fingerprint density at radius 1 is 0.968 bits per heavy atom. The lowest BCUT2D eigenvalue weighted by Gasteiger charge is -2.30. The maximum atomic E-state index is 13.4. The van der Waals surface area contributed by atoms with Crippen LogP contribution in [-0.4, -0.2) is 28.0 Å². The largest absolute Gasteiger partial charge is 0.488 e. The Labute approximate surface area is 186 Å². The van der Waals surface area contributed by atoms with E-state index < -0.39 is 5.54 Å². The molecule has 31 heavy (non-hydrogen) atoms. The number of benzene rings is 2. The second-order valence-corrected chi connectivity index (χ2v) is 9.75. The van der Waals surface area contributed by atoms with Gasteiger partial charge in [0.1, 0.15) is 16.9 Å². The molecular formula is C26H34N2O3. The number of urea groups is 1. The number of imide groups is 1. The normalized spacial score (nSPS) is 19.4. The molecule has 0 bridgehead atoms. The highest BCUT2D eigenvalue weighted by atomic mass is 16.5. The van der Waals surface area contributed by atoms with E-state index in [4.69, 9.17) is 4.74 Å². The first-order chi connectivity index (χ1) is 14.4. The molecule has 0 N–H and O–H groups in total. The third-order valence-corrected chi connectivity index (χ3v) is 5.87. The Bertz CT molecular complexity index is 981. The van der Waals surface area contributed by atoms with Crippen LogP contribution in [0.3, 0.4) is 0 Å². The van der Waals surface area contributed by atoms with Crippen molar-refractivity contribution in [3.8, 4) is 5.75 Å². The summed E-state index contributed by atoms with van der Waals surface area (Å²) in [5.41, 5.74) is 3.58. The zero-order chi connectivity index (χ0) is 23.1. The first-order valence-corrected chi connectivity index (χ1v) is 10.9. The molecule has 1 saturated heterocycles. The number of ether oxygens (including phenoxy) is 1. The number of anilines is 1. The summed E-state index contributed by atoms with van der Waals surface area (Å²) in [6.45, 7) is 16.1. The molecule has 0 aromatic heterocycles. The van der Waals surface area contributed by atoms with E-state index >= 15 is 0 Å². The topological polar surface area (TPSA) is 49.9 Å². The molecule has 2 aromatic rings. The first kappa shape index (κ1) is 22.9. The van der Waals surface area contributed by atoms with Gasteiger partial charge in [-0.25, -0.2) is 4.79 Å². The maximum Gasteiger partial charge on any atom is 0.332 e. The summed E-state index contributed by atoms with van der Waals surface area (Å²) in [6.07, 6.45) is 0.540. The summed E-state index contributed by atoms with van der Waals surface area (Å²) in [5.74, 6) is 0.695. The van der Waals surface area contributed by atoms with E-state index in [-0.39, 0.29) is 24.1 Å². The number of rotatable bonds is 5. The van der Waals surface area contributed by atoms with Gasteiger partial charge in [-0.1, -0.05) is 36.8 Å². The van der Waals surface area contributed by atoms with E-state index in [1.807, 2.05) is 91.8 Å². The molecule has 5 heteroatoms. The average Bonchev–Trinajstić information content (AvgIpc) is 2.86. The van der Waals surface area contributed by atoms with Crippen LogP contribution >= 0.6 is 0 Å². The van der Waals surface area contributed by atoms with E-state index in [1.54, 1.807) is 4.90 Å². The van der Waals surface area contributed by atoms with Gasteiger partial charge < -0.3 is 4.74 Å². The van der Waals surface area contributed by atoms with Crippen LogP contribution in [0.15, 0.2) is 36.4 Å². The van der Waals surface area contributed by atoms with E-state index in [0.717, 1.165) is 33.7 Å². The smallest absolute Gasteiger partial charge is 0.332 e. The zero-order valence-corrected chi connectivity index (χ0v) is 20.0. The van der Waals surface area contributed by atoms with E-state index in [0.29, 0.717) is 6.42 Å². The molecule has 5 nitrogen and oxygen atoms in total. The van der Waals surface area contributed by atoms with Crippen LogP contribution in [0.25, 0.3) is 0 Å². The lowest BCUT2D eigenvalue weighted by Crippen LogP contribution is -2.46. The summed E-state index contributed by atoms with van der Waals surface area (Å²) >= 11 is 0. The molecule has 3 rings (SSSR count). The van der Waals surface area contributed by atoms with E-state index in [2.05, 4.69) is 0 Å². The number of hydrogen-bond acceptors (Lipinski definition) is 3. The fourth-order valence-corrected chi connectivity index (χ4v) is 4.12. The lowest BCUT2D eigenvalue weighted by molar-refractivity contribution is -0.130. The van der Waals surface area contributed by atoms with Gasteiger partial charge in [-0.3, -0.25) is 14.6 Å². The quantitative estimate of drug-likeness (QED) is 0.562. The molecule has 1 heterocycles. The zero-order valence-electron chi connectivity index (χ0n) is 20.0. The van der Waals surface area contributed by atoms with Crippen molar-refractivity contribution in [1.29, 1.82) is 0 Å². The molecule has 1 aliphatic rings. The van der Waals surface area contributed by atoms with E-state index in [9.17, 15) is 9.59 Å². The molecule has 1 aliphatic heterocycles. The van der Waals surface area contributed by atoms with Gasteiger partial charge in [0.05, 0.1) is 6.54 Å². The van der Waals surface area contributed by atoms with Gasteiger partial charge in [0.25, 0.3) is 5.91 Å². The van der Waals surface area contributed by atoms with Crippen molar-refractivity contribution in [2.24, 2.45) is 0 Å². The molecule has 1 atom stereocenters. The highest BCUT2D eigenvalue weighted by Crippen LogP contribution is 2.37. The van der Waals surface area contributed by atoms with Crippen LogP contribution in [-0.2, 0) is 11.3 Å². The standard InChI is InChI=1S/C26H34N2O3/c1-9-26(8)23(29)27(24(30)28(26)21-12-10-17(2)11-13-21)16-20-14-18(3)22(19(4)15-20)31-25(5,6)7/h10-15H,9,16H2,1-8H3. The maximum absolute atomic E-state index is 13.4. The Morgan fingerprint density at radius 2 is 1.52 bits per heavy atom. The van der Waals surface area contributed by atoms with Crippen molar-refractivity contribution < 1.29 is 14.3 Å². The Hall–Kier alpha value is -2.82. The second-order valence-electron chi connectivity index (χ2n) is 9.75. The number of carbonyl (C=O) groups is 2. The van der Waals surface area contributed by atoms with Crippen LogP contribution in [0.5, 0.6) is 5.75 Å². The molecule has 0 saturated carbocycles. The van der Waals surface area contributed by atoms with E-state index in [1.165, 1.54) is 4.90 Å². The Morgan fingerprint density at radius 3 is 2.00 bits per heavy atom. The SMILES string of the molecule is CCC1(C)C(=O)N(Cc2cc(C)c(OC(C)(C)C)c(C)c2)C(=O)N1c1ccc(C)cc1. The van der Waals surface area contributed by atoms with Crippen molar-refractivity contribution >= 4 is 17.6 Å². The summed E-state index contributed by atoms with van der Waals surface area (Å²) in [7, 11) is 0. The first-order valence-electron chi connectivity index (χ1n) is 10.9. The minimum absolute atomic E-state index is 0.161. The van der Waals surface area contributed by atoms with Crippen LogP contribution in [0, 0.1) is 20.8 Å². The highest BCUT2D eigenvalue weighted by Gasteiger charge is 2.53. The van der Waals surface area contributed by atoms with Crippen molar-refractivity contribution in [1.82, 2.24) is 4.90 Å². The fraction of sp³-hybridized carbons (Fsp3) is 0.462.